The lowest BCUT2D eigenvalue weighted by Gasteiger charge is -2.13. The summed E-state index contributed by atoms with van der Waals surface area (Å²) in [5.41, 5.74) is 1.87. The molecule has 0 aliphatic heterocycles. The molecular formula is C22H22N6. The van der Waals surface area contributed by atoms with Crippen LogP contribution in [0.15, 0.2) is 72.8 Å². The Morgan fingerprint density at radius 3 is 2.07 bits per heavy atom. The Kier molecular flexibility index (Phi) is 5.01. The molecule has 0 atom stereocenters. The van der Waals surface area contributed by atoms with E-state index in [-0.39, 0.29) is 6.04 Å². The Morgan fingerprint density at radius 2 is 1.29 bits per heavy atom. The summed E-state index contributed by atoms with van der Waals surface area (Å²) in [6, 6.07) is 24.4. The highest BCUT2D eigenvalue weighted by Gasteiger charge is 2.10. The van der Waals surface area contributed by atoms with Crippen LogP contribution < -0.4 is 16.0 Å². The zero-order chi connectivity index (χ0) is 19.3. The highest BCUT2D eigenvalue weighted by atomic mass is 15.3. The van der Waals surface area contributed by atoms with Gasteiger partial charge in [0.15, 0.2) is 0 Å². The zero-order valence-corrected chi connectivity index (χ0v) is 15.8. The molecule has 4 aromatic rings. The molecule has 6 heteroatoms. The molecule has 0 aliphatic rings. The van der Waals surface area contributed by atoms with Crippen molar-refractivity contribution in [2.24, 2.45) is 0 Å². The number of nitrogens with zero attached hydrogens (tertiary/aromatic N) is 3. The molecule has 3 N–H and O–H groups in total. The summed E-state index contributed by atoms with van der Waals surface area (Å²) in [6.07, 6.45) is 0. The summed E-state index contributed by atoms with van der Waals surface area (Å²) in [5, 5.41) is 12.1. The van der Waals surface area contributed by atoms with Crippen LogP contribution in [0.4, 0.5) is 29.2 Å². The molecule has 0 unspecified atom stereocenters. The molecule has 0 saturated heterocycles. The molecule has 6 nitrogen and oxygen atoms in total. The predicted molar refractivity (Wildman–Crippen MR) is 116 cm³/mol. The van der Waals surface area contributed by atoms with E-state index in [1.165, 1.54) is 0 Å². The van der Waals surface area contributed by atoms with Crippen molar-refractivity contribution < 1.29 is 0 Å². The van der Waals surface area contributed by atoms with Gasteiger partial charge in [-0.3, -0.25) is 0 Å². The molecule has 4 rings (SSSR count). The molecule has 0 aliphatic carbocycles. The van der Waals surface area contributed by atoms with E-state index in [0.29, 0.717) is 17.8 Å². The lowest BCUT2D eigenvalue weighted by atomic mass is 10.1. The van der Waals surface area contributed by atoms with Crippen LogP contribution in [0.5, 0.6) is 0 Å². The summed E-state index contributed by atoms with van der Waals surface area (Å²) < 4.78 is 0. The molecule has 3 aromatic carbocycles. The van der Waals surface area contributed by atoms with E-state index < -0.39 is 0 Å². The smallest absolute Gasteiger partial charge is 0.233 e. The Balaban J connectivity index is 1.69. The first-order valence-corrected chi connectivity index (χ1v) is 9.27. The van der Waals surface area contributed by atoms with E-state index >= 15 is 0 Å². The van der Waals surface area contributed by atoms with Gasteiger partial charge in [0.05, 0.1) is 0 Å². The Morgan fingerprint density at radius 1 is 0.643 bits per heavy atom. The second-order valence-electron chi connectivity index (χ2n) is 6.75. The SMILES string of the molecule is CC(C)Nc1nc(Nc2ccccc2)nc(Nc2cccc3ccccc23)n1. The van der Waals surface area contributed by atoms with Crippen LogP contribution in [-0.2, 0) is 0 Å². The quantitative estimate of drug-likeness (QED) is 0.426. The number of rotatable bonds is 6. The maximum Gasteiger partial charge on any atom is 0.233 e. The van der Waals surface area contributed by atoms with Gasteiger partial charge >= 0.3 is 0 Å². The molecule has 1 aromatic heterocycles. The first-order valence-electron chi connectivity index (χ1n) is 9.27. The fourth-order valence-corrected chi connectivity index (χ4v) is 2.92. The number of fused-ring (bicyclic) bond motifs is 1. The van der Waals surface area contributed by atoms with Crippen molar-refractivity contribution in [2.45, 2.75) is 19.9 Å². The molecule has 0 saturated carbocycles. The minimum atomic E-state index is 0.206. The highest BCUT2D eigenvalue weighted by Crippen LogP contribution is 2.26. The van der Waals surface area contributed by atoms with E-state index in [1.54, 1.807) is 0 Å². The van der Waals surface area contributed by atoms with Crippen molar-refractivity contribution in [3.63, 3.8) is 0 Å². The van der Waals surface area contributed by atoms with Crippen molar-refractivity contribution in [1.82, 2.24) is 15.0 Å². The third-order valence-electron chi connectivity index (χ3n) is 4.12. The fraction of sp³-hybridized carbons (Fsp3) is 0.136. The van der Waals surface area contributed by atoms with Crippen LogP contribution in [0.3, 0.4) is 0 Å². The second kappa shape index (κ2) is 7.92. The number of aromatic nitrogens is 3. The summed E-state index contributed by atoms with van der Waals surface area (Å²) >= 11 is 0. The summed E-state index contributed by atoms with van der Waals surface area (Å²) in [6.45, 7) is 4.10. The van der Waals surface area contributed by atoms with Crippen molar-refractivity contribution >= 4 is 40.0 Å². The van der Waals surface area contributed by atoms with Gasteiger partial charge in [0, 0.05) is 22.8 Å². The van der Waals surface area contributed by atoms with Gasteiger partial charge in [-0.15, -0.1) is 0 Å². The summed E-state index contributed by atoms with van der Waals surface area (Å²) in [5.74, 6) is 1.48. The molecule has 0 radical (unpaired) electrons. The first kappa shape index (κ1) is 17.7. The predicted octanol–water partition coefficient (Wildman–Crippen LogP) is 5.33. The van der Waals surface area contributed by atoms with Gasteiger partial charge in [0.2, 0.25) is 17.8 Å². The number of hydrogen-bond acceptors (Lipinski definition) is 6. The summed E-state index contributed by atoms with van der Waals surface area (Å²) in [7, 11) is 0. The van der Waals surface area contributed by atoms with Crippen molar-refractivity contribution in [2.75, 3.05) is 16.0 Å². The number of para-hydroxylation sites is 1. The van der Waals surface area contributed by atoms with Gasteiger partial charge < -0.3 is 16.0 Å². The number of benzene rings is 3. The van der Waals surface area contributed by atoms with E-state index in [9.17, 15) is 0 Å². The molecule has 0 bridgehead atoms. The van der Waals surface area contributed by atoms with Gasteiger partial charge in [-0.2, -0.15) is 15.0 Å². The third-order valence-corrected chi connectivity index (χ3v) is 4.12. The van der Waals surface area contributed by atoms with Crippen LogP contribution in [0.2, 0.25) is 0 Å². The Bertz CT molecular complexity index is 1070. The maximum atomic E-state index is 4.55. The largest absolute Gasteiger partial charge is 0.352 e. The van der Waals surface area contributed by atoms with Gasteiger partial charge in [-0.1, -0.05) is 54.6 Å². The van der Waals surface area contributed by atoms with Crippen molar-refractivity contribution in [1.29, 1.82) is 0 Å². The molecular weight excluding hydrogens is 348 g/mol. The zero-order valence-electron chi connectivity index (χ0n) is 15.8. The van der Waals surface area contributed by atoms with Crippen LogP contribution >= 0.6 is 0 Å². The third kappa shape index (κ3) is 4.17. The van der Waals surface area contributed by atoms with Crippen molar-refractivity contribution in [3.8, 4) is 0 Å². The monoisotopic (exact) mass is 370 g/mol. The minimum absolute atomic E-state index is 0.206. The fourth-order valence-electron chi connectivity index (χ4n) is 2.92. The van der Waals surface area contributed by atoms with Gasteiger partial charge in [0.1, 0.15) is 0 Å². The maximum absolute atomic E-state index is 4.55. The first-order chi connectivity index (χ1) is 13.7. The molecule has 0 spiro atoms. The lowest BCUT2D eigenvalue weighted by Crippen LogP contribution is -2.15. The molecule has 0 amide bonds. The van der Waals surface area contributed by atoms with Crippen LogP contribution in [0.25, 0.3) is 10.8 Å². The normalized spacial score (nSPS) is 10.8. The topological polar surface area (TPSA) is 74.8 Å². The van der Waals surface area contributed by atoms with E-state index in [4.69, 9.17) is 0 Å². The standard InChI is InChI=1S/C22H22N6/c1-15(2)23-20-26-21(24-17-11-4-3-5-12-17)28-22(27-20)25-19-14-8-10-16-9-6-7-13-18(16)19/h3-15H,1-2H3,(H3,23,24,25,26,27,28). The van der Waals surface area contributed by atoms with Gasteiger partial charge in [0.25, 0.3) is 0 Å². The molecule has 140 valence electrons. The Labute approximate surface area is 164 Å². The highest BCUT2D eigenvalue weighted by molar-refractivity contribution is 5.94. The van der Waals surface area contributed by atoms with E-state index in [1.807, 2.05) is 68.4 Å². The molecule has 28 heavy (non-hydrogen) atoms. The van der Waals surface area contributed by atoms with Gasteiger partial charge in [-0.25, -0.2) is 0 Å². The Hall–Kier alpha value is -3.67. The van der Waals surface area contributed by atoms with E-state index in [0.717, 1.165) is 22.1 Å². The van der Waals surface area contributed by atoms with Gasteiger partial charge in [-0.05, 0) is 37.4 Å². The number of nitrogens with one attached hydrogen (secondary N) is 3. The second-order valence-corrected chi connectivity index (χ2v) is 6.75. The average Bonchev–Trinajstić information content (AvgIpc) is 2.68. The van der Waals surface area contributed by atoms with Crippen LogP contribution in [0, 0.1) is 0 Å². The average molecular weight is 370 g/mol. The van der Waals surface area contributed by atoms with Crippen LogP contribution in [-0.4, -0.2) is 21.0 Å². The number of hydrogen-bond donors (Lipinski definition) is 3. The van der Waals surface area contributed by atoms with E-state index in [2.05, 4.69) is 49.1 Å². The molecule has 0 fully saturated rings. The number of anilines is 5. The van der Waals surface area contributed by atoms with Crippen molar-refractivity contribution in [3.05, 3.63) is 72.8 Å². The minimum Gasteiger partial charge on any atom is -0.352 e. The van der Waals surface area contributed by atoms with Crippen LogP contribution in [0.1, 0.15) is 13.8 Å². The lowest BCUT2D eigenvalue weighted by molar-refractivity contribution is 0.869. The summed E-state index contributed by atoms with van der Waals surface area (Å²) in [4.78, 5) is 13.6. The molecule has 1 heterocycles.